The van der Waals surface area contributed by atoms with E-state index in [4.69, 9.17) is 38.9 Å². The van der Waals surface area contributed by atoms with Crippen LogP contribution in [0.15, 0.2) is 86.7 Å². The van der Waals surface area contributed by atoms with E-state index in [9.17, 15) is 0 Å². The van der Waals surface area contributed by atoms with Gasteiger partial charge in [0.15, 0.2) is 11.8 Å². The van der Waals surface area contributed by atoms with Crippen LogP contribution in [0.5, 0.6) is 0 Å². The van der Waals surface area contributed by atoms with E-state index in [1.54, 1.807) is 0 Å². The quantitative estimate of drug-likeness (QED) is 0.284. The minimum Gasteiger partial charge on any atom is -0.479 e. The van der Waals surface area contributed by atoms with Crippen molar-refractivity contribution in [2.45, 2.75) is 55.5 Å². The number of fused-ring (bicyclic) bond motifs is 2. The maximum atomic E-state index is 6.15. The first kappa shape index (κ1) is 30.2. The van der Waals surface area contributed by atoms with Crippen LogP contribution in [0.2, 0.25) is 0 Å². The summed E-state index contributed by atoms with van der Waals surface area (Å²) in [5.74, 6) is 3.11. The Balaban J connectivity index is 0.00000203. The van der Waals surface area contributed by atoms with Crippen molar-refractivity contribution in [2.24, 2.45) is 20.0 Å². The molecule has 6 heterocycles. The van der Waals surface area contributed by atoms with Crippen molar-refractivity contribution in [3.05, 3.63) is 94.5 Å². The van der Waals surface area contributed by atoms with Crippen molar-refractivity contribution < 1.29 is 21.8 Å². The van der Waals surface area contributed by atoms with Crippen LogP contribution < -0.4 is 10.6 Å². The molecule has 4 unspecified atom stereocenters. The monoisotopic (exact) mass is 662 g/mol. The molecule has 256 valence electrons. The zero-order valence-electron chi connectivity index (χ0n) is 28.1. The first-order valence-corrected chi connectivity index (χ1v) is 17.6. The lowest BCUT2D eigenvalue weighted by Crippen LogP contribution is -2.49. The predicted octanol–water partition coefficient (Wildman–Crippen LogP) is 6.39. The Labute approximate surface area is 289 Å². The van der Waals surface area contributed by atoms with Crippen LogP contribution in [-0.4, -0.2) is 87.3 Å². The molecule has 0 amide bonds. The summed E-state index contributed by atoms with van der Waals surface area (Å²) < 4.78 is 24.3. The Morgan fingerprint density at radius 3 is 1.49 bits per heavy atom. The smallest absolute Gasteiger partial charge is 0.209 e. The summed E-state index contributed by atoms with van der Waals surface area (Å²) in [4.78, 5) is 19.0. The normalized spacial score (nSPS) is 28.9. The SMILES string of the molecule is CC1(C2=NCCO2)CC(C2=NCCO2)c2cc(C(c3ccccc3)c3ccc4c(c3)C(C3=NCCO3)CC(C)(C3=NCCO3)N4)ccc2N1.[HH].[HH]. The maximum Gasteiger partial charge on any atom is 0.209 e. The second-order valence-electron chi connectivity index (χ2n) is 14.2. The molecule has 4 atom stereocenters. The van der Waals surface area contributed by atoms with Crippen molar-refractivity contribution in [3.8, 4) is 0 Å². The third kappa shape index (κ3) is 5.32. The highest BCUT2D eigenvalue weighted by Crippen LogP contribution is 2.47. The number of hydrogen-bond donors (Lipinski definition) is 2. The number of nitrogens with zero attached hydrogens (tertiary/aromatic N) is 4. The Hall–Kier alpha value is -4.86. The first-order chi connectivity index (χ1) is 24.0. The number of nitrogens with one attached hydrogen (secondary N) is 2. The van der Waals surface area contributed by atoms with Crippen LogP contribution >= 0.6 is 0 Å². The van der Waals surface area contributed by atoms with Crippen molar-refractivity contribution in [1.29, 1.82) is 0 Å². The third-order valence-corrected chi connectivity index (χ3v) is 10.7. The number of benzene rings is 3. The molecular formula is C39H46N6O4. The molecule has 9 rings (SSSR count). The summed E-state index contributed by atoms with van der Waals surface area (Å²) in [6.45, 7) is 9.59. The van der Waals surface area contributed by atoms with Crippen LogP contribution in [0, 0.1) is 0 Å². The third-order valence-electron chi connectivity index (χ3n) is 10.7. The molecule has 3 aromatic rings. The van der Waals surface area contributed by atoms with E-state index >= 15 is 0 Å². The van der Waals surface area contributed by atoms with Gasteiger partial charge in [-0.2, -0.15) is 0 Å². The van der Waals surface area contributed by atoms with Crippen LogP contribution in [0.1, 0.15) is 75.1 Å². The van der Waals surface area contributed by atoms with Crippen LogP contribution in [0.25, 0.3) is 0 Å². The lowest BCUT2D eigenvalue weighted by molar-refractivity contribution is 0.302. The summed E-state index contributed by atoms with van der Waals surface area (Å²) in [6.07, 6.45) is 1.50. The fourth-order valence-corrected chi connectivity index (χ4v) is 8.47. The zero-order valence-corrected chi connectivity index (χ0v) is 28.1. The lowest BCUT2D eigenvalue weighted by atomic mass is 9.75. The van der Waals surface area contributed by atoms with Crippen LogP contribution in [-0.2, 0) is 18.9 Å². The fourth-order valence-electron chi connectivity index (χ4n) is 8.47. The van der Waals surface area contributed by atoms with Gasteiger partial charge in [0.25, 0.3) is 0 Å². The Morgan fingerprint density at radius 2 is 1.06 bits per heavy atom. The van der Waals surface area contributed by atoms with E-state index in [1.807, 2.05) is 0 Å². The average molecular weight is 663 g/mol. The molecule has 0 aliphatic carbocycles. The molecule has 0 fully saturated rings. The van der Waals surface area contributed by atoms with Crippen molar-refractivity contribution >= 4 is 35.0 Å². The zero-order chi connectivity index (χ0) is 33.0. The van der Waals surface area contributed by atoms with E-state index in [0.29, 0.717) is 52.6 Å². The number of aliphatic imine (C=N–C) groups is 4. The van der Waals surface area contributed by atoms with Gasteiger partial charge in [0.1, 0.15) is 37.5 Å². The van der Waals surface area contributed by atoms with E-state index in [2.05, 4.69) is 91.2 Å². The molecule has 6 aliphatic heterocycles. The number of rotatable bonds is 7. The standard InChI is InChI=1S/C39H42N6O4.2H2/c1-38(36-42-14-18-48-36)22-29(34-40-12-16-46-34)27-20-25(8-10-31(27)44-38)33(24-6-4-3-5-7-24)26-9-11-32-28(21-26)30(35-41-13-17-47-35)23-39(2,45-32)37-43-15-19-49-37;;/h3-11,20-21,29-30,33,44-45H,12-19,22-23H2,1-2H3;2*1H. The van der Waals surface area contributed by atoms with Crippen molar-refractivity contribution in [1.82, 2.24) is 0 Å². The van der Waals surface area contributed by atoms with E-state index in [-0.39, 0.29) is 20.6 Å². The van der Waals surface area contributed by atoms with Gasteiger partial charge < -0.3 is 29.6 Å². The second-order valence-corrected chi connectivity index (χ2v) is 14.2. The molecule has 2 N–H and O–H groups in total. The Kier molecular flexibility index (Phi) is 7.36. The summed E-state index contributed by atoms with van der Waals surface area (Å²) in [5, 5.41) is 7.60. The first-order valence-electron chi connectivity index (χ1n) is 17.6. The van der Waals surface area contributed by atoms with Gasteiger partial charge in [-0.05, 0) is 66.6 Å². The maximum absolute atomic E-state index is 6.15. The highest BCUT2D eigenvalue weighted by Gasteiger charge is 2.46. The number of hydrogen-bond acceptors (Lipinski definition) is 10. The van der Waals surface area contributed by atoms with E-state index in [1.165, 1.54) is 27.8 Å². The number of ether oxygens (including phenoxy) is 4. The molecule has 0 saturated heterocycles. The summed E-state index contributed by atoms with van der Waals surface area (Å²) in [7, 11) is 0. The molecule has 49 heavy (non-hydrogen) atoms. The second kappa shape index (κ2) is 11.9. The average Bonchev–Trinajstić information content (AvgIpc) is 3.97. The minimum absolute atomic E-state index is 0. The molecule has 0 aromatic heterocycles. The summed E-state index contributed by atoms with van der Waals surface area (Å²) in [5.41, 5.74) is 7.26. The molecule has 3 aromatic carbocycles. The van der Waals surface area contributed by atoms with Crippen molar-refractivity contribution in [3.63, 3.8) is 0 Å². The molecule has 10 nitrogen and oxygen atoms in total. The van der Waals surface area contributed by atoms with Gasteiger partial charge in [0.05, 0.1) is 38.0 Å². The predicted molar refractivity (Wildman–Crippen MR) is 196 cm³/mol. The van der Waals surface area contributed by atoms with E-state index < -0.39 is 11.1 Å². The summed E-state index contributed by atoms with van der Waals surface area (Å²) in [6, 6.07) is 24.4. The lowest BCUT2D eigenvalue weighted by Gasteiger charge is -2.41. The highest BCUT2D eigenvalue weighted by molar-refractivity contribution is 5.96. The molecular weight excluding hydrogens is 616 g/mol. The van der Waals surface area contributed by atoms with Gasteiger partial charge in [-0.15, -0.1) is 0 Å². The molecule has 0 bridgehead atoms. The van der Waals surface area contributed by atoms with Gasteiger partial charge >= 0.3 is 0 Å². The molecule has 6 aliphatic rings. The van der Waals surface area contributed by atoms with Gasteiger partial charge in [0, 0.05) is 20.1 Å². The van der Waals surface area contributed by atoms with Gasteiger partial charge in [0.2, 0.25) is 11.8 Å². The van der Waals surface area contributed by atoms with Crippen LogP contribution in [0.4, 0.5) is 11.4 Å². The molecule has 0 saturated carbocycles. The Bertz CT molecular complexity index is 1800. The minimum atomic E-state index is -0.446. The Morgan fingerprint density at radius 1 is 0.592 bits per heavy atom. The summed E-state index contributed by atoms with van der Waals surface area (Å²) >= 11 is 0. The molecule has 0 spiro atoms. The van der Waals surface area contributed by atoms with Gasteiger partial charge in [-0.1, -0.05) is 54.6 Å². The topological polar surface area (TPSA) is 110 Å². The largest absolute Gasteiger partial charge is 0.479 e. The van der Waals surface area contributed by atoms with Gasteiger partial charge in [-0.3, -0.25) is 20.0 Å². The molecule has 0 radical (unpaired) electrons. The highest BCUT2D eigenvalue weighted by atomic mass is 16.5. The van der Waals surface area contributed by atoms with Gasteiger partial charge in [-0.25, -0.2) is 0 Å². The van der Waals surface area contributed by atoms with E-state index in [0.717, 1.165) is 47.8 Å². The van der Waals surface area contributed by atoms with Crippen molar-refractivity contribution in [2.75, 3.05) is 63.2 Å². The number of anilines is 2. The fraction of sp³-hybridized carbons (Fsp3) is 0.436. The van der Waals surface area contributed by atoms with Crippen LogP contribution in [0.3, 0.4) is 0 Å². The molecule has 10 heteroatoms.